The van der Waals surface area contributed by atoms with E-state index in [4.69, 9.17) is 16.3 Å². The molecule has 1 aromatic heterocycles. The minimum atomic E-state index is 0.0624. The smallest absolute Gasteiger partial charge is 0.0835 e. The number of rotatable bonds is 7. The quantitative estimate of drug-likeness (QED) is 0.829. The van der Waals surface area contributed by atoms with Crippen molar-refractivity contribution in [3.05, 3.63) is 16.9 Å². The monoisotopic (exact) mass is 273 g/mol. The molecule has 0 amide bonds. The Kier molecular flexibility index (Phi) is 6.12. The molecule has 0 saturated heterocycles. The minimum Gasteiger partial charge on any atom is -0.376 e. The molecule has 2 unspecified atom stereocenters. The van der Waals surface area contributed by atoms with E-state index >= 15 is 0 Å². The van der Waals surface area contributed by atoms with Crippen molar-refractivity contribution in [1.29, 1.82) is 0 Å². The standard InChI is InChI=1S/C13H24ClN3O/c1-6-11(18-7-2)12(15-5)13-10(14)8-16-17(13)9(3)4/h8-9,11-12,15H,6-7H2,1-5H3. The highest BCUT2D eigenvalue weighted by Gasteiger charge is 2.27. The van der Waals surface area contributed by atoms with Crippen LogP contribution in [0.25, 0.3) is 0 Å². The van der Waals surface area contributed by atoms with E-state index in [-0.39, 0.29) is 18.2 Å². The molecule has 0 aliphatic heterocycles. The van der Waals surface area contributed by atoms with Gasteiger partial charge in [-0.05, 0) is 34.2 Å². The van der Waals surface area contributed by atoms with E-state index in [0.717, 1.165) is 12.1 Å². The van der Waals surface area contributed by atoms with Gasteiger partial charge in [-0.2, -0.15) is 5.10 Å². The predicted molar refractivity (Wildman–Crippen MR) is 75.1 cm³/mol. The van der Waals surface area contributed by atoms with Gasteiger partial charge >= 0.3 is 0 Å². The van der Waals surface area contributed by atoms with Crippen molar-refractivity contribution in [2.24, 2.45) is 0 Å². The van der Waals surface area contributed by atoms with Crippen LogP contribution in [0.2, 0.25) is 5.02 Å². The lowest BCUT2D eigenvalue weighted by Crippen LogP contribution is -2.33. The number of halogens is 1. The summed E-state index contributed by atoms with van der Waals surface area (Å²) in [4.78, 5) is 0. The number of nitrogens with one attached hydrogen (secondary N) is 1. The van der Waals surface area contributed by atoms with E-state index in [1.54, 1.807) is 6.20 Å². The van der Waals surface area contributed by atoms with Crippen LogP contribution >= 0.6 is 11.6 Å². The van der Waals surface area contributed by atoms with E-state index < -0.39 is 0 Å². The fourth-order valence-corrected chi connectivity index (χ4v) is 2.46. The third kappa shape index (κ3) is 3.25. The predicted octanol–water partition coefficient (Wildman–Crippen LogP) is 3.19. The minimum absolute atomic E-state index is 0.0624. The molecule has 1 N–H and O–H groups in total. The van der Waals surface area contributed by atoms with Crippen molar-refractivity contribution in [2.45, 2.75) is 52.3 Å². The van der Waals surface area contributed by atoms with Crippen LogP contribution < -0.4 is 5.32 Å². The highest BCUT2D eigenvalue weighted by atomic mass is 35.5. The van der Waals surface area contributed by atoms with Crippen LogP contribution in [0.1, 0.15) is 51.9 Å². The van der Waals surface area contributed by atoms with E-state index in [0.29, 0.717) is 11.6 Å². The number of ether oxygens (including phenoxy) is 1. The van der Waals surface area contributed by atoms with Crippen LogP contribution in [0.3, 0.4) is 0 Å². The van der Waals surface area contributed by atoms with Crippen molar-refractivity contribution >= 4 is 11.6 Å². The highest BCUT2D eigenvalue weighted by molar-refractivity contribution is 6.31. The number of likely N-dealkylation sites (N-methyl/N-ethyl adjacent to an activating group) is 1. The molecule has 2 atom stereocenters. The van der Waals surface area contributed by atoms with Crippen molar-refractivity contribution in [3.63, 3.8) is 0 Å². The lowest BCUT2D eigenvalue weighted by molar-refractivity contribution is 0.0309. The summed E-state index contributed by atoms with van der Waals surface area (Å²) in [6.07, 6.45) is 2.74. The molecule has 1 aromatic rings. The van der Waals surface area contributed by atoms with Gasteiger partial charge in [0.25, 0.3) is 0 Å². The zero-order valence-corrected chi connectivity index (χ0v) is 12.7. The maximum Gasteiger partial charge on any atom is 0.0835 e. The van der Waals surface area contributed by atoms with Crippen molar-refractivity contribution in [2.75, 3.05) is 13.7 Å². The molecule has 18 heavy (non-hydrogen) atoms. The second-order valence-corrected chi connectivity index (χ2v) is 4.99. The molecule has 0 aromatic carbocycles. The molecule has 1 heterocycles. The van der Waals surface area contributed by atoms with Crippen LogP contribution in [0.15, 0.2) is 6.20 Å². The summed E-state index contributed by atoms with van der Waals surface area (Å²) in [6, 6.07) is 0.342. The van der Waals surface area contributed by atoms with E-state index in [2.05, 4.69) is 31.2 Å². The summed E-state index contributed by atoms with van der Waals surface area (Å²) in [5, 5.41) is 8.35. The van der Waals surface area contributed by atoms with Crippen molar-refractivity contribution in [1.82, 2.24) is 15.1 Å². The third-order valence-corrected chi connectivity index (χ3v) is 3.33. The maximum atomic E-state index is 6.28. The van der Waals surface area contributed by atoms with Gasteiger partial charge in [0, 0.05) is 12.6 Å². The molecule has 4 nitrogen and oxygen atoms in total. The van der Waals surface area contributed by atoms with Crippen LogP contribution in [0.5, 0.6) is 0 Å². The van der Waals surface area contributed by atoms with Gasteiger partial charge < -0.3 is 10.1 Å². The summed E-state index contributed by atoms with van der Waals surface area (Å²) in [5.74, 6) is 0. The average molecular weight is 274 g/mol. The normalized spacial score (nSPS) is 15.1. The largest absolute Gasteiger partial charge is 0.376 e. The molecule has 0 bridgehead atoms. The first-order chi connectivity index (χ1) is 8.56. The third-order valence-electron chi connectivity index (χ3n) is 3.04. The van der Waals surface area contributed by atoms with Gasteiger partial charge in [0.05, 0.1) is 29.1 Å². The van der Waals surface area contributed by atoms with Crippen LogP contribution in [0.4, 0.5) is 0 Å². The van der Waals surface area contributed by atoms with Crippen LogP contribution in [-0.4, -0.2) is 29.5 Å². The number of nitrogens with zero attached hydrogens (tertiary/aromatic N) is 2. The Morgan fingerprint density at radius 2 is 2.11 bits per heavy atom. The Morgan fingerprint density at radius 3 is 2.56 bits per heavy atom. The molecule has 0 spiro atoms. The van der Waals surface area contributed by atoms with Gasteiger partial charge in [-0.3, -0.25) is 4.68 Å². The van der Waals surface area contributed by atoms with Gasteiger partial charge in [-0.15, -0.1) is 0 Å². The number of aromatic nitrogens is 2. The SMILES string of the molecule is CCOC(CC)C(NC)c1c(Cl)cnn1C(C)C. The second-order valence-electron chi connectivity index (χ2n) is 4.58. The van der Waals surface area contributed by atoms with Crippen LogP contribution in [-0.2, 0) is 4.74 Å². The Balaban J connectivity index is 3.10. The van der Waals surface area contributed by atoms with Crippen molar-refractivity contribution < 1.29 is 4.74 Å². The zero-order chi connectivity index (χ0) is 13.7. The van der Waals surface area contributed by atoms with Crippen LogP contribution in [0, 0.1) is 0 Å². The number of hydrogen-bond donors (Lipinski definition) is 1. The molecule has 5 heteroatoms. The molecule has 0 saturated carbocycles. The Bertz CT molecular complexity index is 365. The van der Waals surface area contributed by atoms with Gasteiger partial charge in [0.15, 0.2) is 0 Å². The lowest BCUT2D eigenvalue weighted by atomic mass is 10.0. The topological polar surface area (TPSA) is 39.1 Å². The van der Waals surface area contributed by atoms with E-state index in [9.17, 15) is 0 Å². The first-order valence-electron chi connectivity index (χ1n) is 6.58. The summed E-state index contributed by atoms with van der Waals surface area (Å²) < 4.78 is 7.76. The Hall–Kier alpha value is -0.580. The maximum absolute atomic E-state index is 6.28. The molecular formula is C13H24ClN3O. The molecule has 1 rings (SSSR count). The van der Waals surface area contributed by atoms with Gasteiger partial charge in [-0.25, -0.2) is 0 Å². The molecule has 0 radical (unpaired) electrons. The average Bonchev–Trinajstić information content (AvgIpc) is 2.71. The fraction of sp³-hybridized carbons (Fsp3) is 0.769. The summed E-state index contributed by atoms with van der Waals surface area (Å²) >= 11 is 6.28. The lowest BCUT2D eigenvalue weighted by Gasteiger charge is -2.27. The zero-order valence-electron chi connectivity index (χ0n) is 11.9. The Labute approximate surface area is 115 Å². The summed E-state index contributed by atoms with van der Waals surface area (Å²) in [7, 11) is 1.93. The van der Waals surface area contributed by atoms with E-state index in [1.807, 2.05) is 18.7 Å². The summed E-state index contributed by atoms with van der Waals surface area (Å²) in [6.45, 7) is 9.03. The molecule has 0 fully saturated rings. The first-order valence-corrected chi connectivity index (χ1v) is 6.96. The fourth-order valence-electron chi connectivity index (χ4n) is 2.22. The van der Waals surface area contributed by atoms with Crippen molar-refractivity contribution in [3.8, 4) is 0 Å². The number of hydrogen-bond acceptors (Lipinski definition) is 3. The molecular weight excluding hydrogens is 250 g/mol. The Morgan fingerprint density at radius 1 is 1.44 bits per heavy atom. The van der Waals surface area contributed by atoms with Gasteiger partial charge in [0.1, 0.15) is 0 Å². The highest BCUT2D eigenvalue weighted by Crippen LogP contribution is 2.29. The van der Waals surface area contributed by atoms with Gasteiger partial charge in [0.2, 0.25) is 0 Å². The van der Waals surface area contributed by atoms with Gasteiger partial charge in [-0.1, -0.05) is 18.5 Å². The second kappa shape index (κ2) is 7.12. The first kappa shape index (κ1) is 15.5. The molecule has 0 aliphatic carbocycles. The summed E-state index contributed by atoms with van der Waals surface area (Å²) in [5.41, 5.74) is 1.01. The van der Waals surface area contributed by atoms with E-state index in [1.165, 1.54) is 0 Å². The molecule has 0 aliphatic rings. The molecule has 104 valence electrons.